The molecule has 2 aromatic carbocycles. The zero-order chi connectivity index (χ0) is 22.7. The van der Waals surface area contributed by atoms with Gasteiger partial charge in [-0.25, -0.2) is 0 Å². The van der Waals surface area contributed by atoms with E-state index in [0.29, 0.717) is 23.4 Å². The SMILES string of the molecule is C[C@H](N/C=C(\N)COc1cccc2c1CN(C1CCC(=O)NC1=O)C2=O)c1ccccc1. The summed E-state index contributed by atoms with van der Waals surface area (Å²) in [6, 6.07) is 14.7. The third-order valence-electron chi connectivity index (χ3n) is 5.75. The van der Waals surface area contributed by atoms with Crippen molar-refractivity contribution < 1.29 is 19.1 Å². The fourth-order valence-corrected chi connectivity index (χ4v) is 3.97. The minimum Gasteiger partial charge on any atom is -0.487 e. The molecule has 2 atom stereocenters. The highest BCUT2D eigenvalue weighted by molar-refractivity contribution is 6.05. The van der Waals surface area contributed by atoms with Crippen LogP contribution < -0.4 is 21.1 Å². The largest absolute Gasteiger partial charge is 0.487 e. The maximum absolute atomic E-state index is 12.9. The Morgan fingerprint density at radius 1 is 1.22 bits per heavy atom. The lowest BCUT2D eigenvalue weighted by Crippen LogP contribution is -2.52. The number of rotatable bonds is 7. The van der Waals surface area contributed by atoms with Crippen LogP contribution in [0.3, 0.4) is 0 Å². The van der Waals surface area contributed by atoms with E-state index in [-0.39, 0.29) is 37.4 Å². The Bertz CT molecular complexity index is 1070. The van der Waals surface area contributed by atoms with Gasteiger partial charge in [-0.05, 0) is 31.0 Å². The fraction of sp³-hybridized carbons (Fsp3) is 0.292. The molecule has 1 saturated heterocycles. The molecule has 3 amide bonds. The monoisotopic (exact) mass is 434 g/mol. The number of nitrogens with two attached hydrogens (primary N) is 1. The number of piperidine rings is 1. The van der Waals surface area contributed by atoms with E-state index in [1.165, 1.54) is 4.90 Å². The van der Waals surface area contributed by atoms with E-state index in [2.05, 4.69) is 10.6 Å². The first kappa shape index (κ1) is 21.4. The molecule has 0 saturated carbocycles. The van der Waals surface area contributed by atoms with Gasteiger partial charge in [0.25, 0.3) is 5.91 Å². The van der Waals surface area contributed by atoms with Crippen molar-refractivity contribution in [2.75, 3.05) is 6.61 Å². The molecule has 0 radical (unpaired) electrons. The number of fused-ring (bicyclic) bond motifs is 1. The van der Waals surface area contributed by atoms with Crippen LogP contribution in [0, 0.1) is 0 Å². The minimum atomic E-state index is -0.658. The smallest absolute Gasteiger partial charge is 0.255 e. The zero-order valence-electron chi connectivity index (χ0n) is 17.8. The first-order valence-corrected chi connectivity index (χ1v) is 10.6. The molecule has 2 aliphatic heterocycles. The molecule has 2 aliphatic rings. The number of carbonyl (C=O) groups excluding carboxylic acids is 3. The van der Waals surface area contributed by atoms with Gasteiger partial charge >= 0.3 is 0 Å². The number of nitrogens with one attached hydrogen (secondary N) is 2. The standard InChI is InChI=1S/C24H26N4O4/c1-15(16-6-3-2-4-7-16)26-12-17(25)14-32-21-9-5-8-18-19(21)13-28(24(18)31)20-10-11-22(29)27-23(20)30/h2-9,12,15,20,26H,10-11,13-14,25H2,1H3,(H,27,29,30)/b17-12-/t15-,20?/m0/s1. The summed E-state index contributed by atoms with van der Waals surface area (Å²) in [5, 5.41) is 5.56. The van der Waals surface area contributed by atoms with E-state index < -0.39 is 11.9 Å². The van der Waals surface area contributed by atoms with E-state index in [0.717, 1.165) is 11.1 Å². The van der Waals surface area contributed by atoms with Crippen molar-refractivity contribution in [3.8, 4) is 5.75 Å². The Morgan fingerprint density at radius 2 is 2.00 bits per heavy atom. The number of ether oxygens (including phenoxy) is 1. The average molecular weight is 434 g/mol. The Kier molecular flexibility index (Phi) is 6.11. The van der Waals surface area contributed by atoms with Crippen molar-refractivity contribution >= 4 is 17.7 Å². The Labute approximate surface area is 186 Å². The van der Waals surface area contributed by atoms with Gasteiger partial charge in [-0.15, -0.1) is 0 Å². The predicted octanol–water partition coefficient (Wildman–Crippen LogP) is 1.98. The zero-order valence-corrected chi connectivity index (χ0v) is 17.8. The summed E-state index contributed by atoms with van der Waals surface area (Å²) < 4.78 is 5.91. The molecule has 2 aromatic rings. The van der Waals surface area contributed by atoms with Crippen LogP contribution in [0.5, 0.6) is 5.75 Å². The van der Waals surface area contributed by atoms with Crippen LogP contribution in [0.15, 0.2) is 60.4 Å². The summed E-state index contributed by atoms with van der Waals surface area (Å²) in [5.41, 5.74) is 8.99. The molecule has 32 heavy (non-hydrogen) atoms. The quantitative estimate of drug-likeness (QED) is 0.574. The Morgan fingerprint density at radius 3 is 2.75 bits per heavy atom. The van der Waals surface area contributed by atoms with Crippen LogP contribution in [0.25, 0.3) is 0 Å². The lowest BCUT2D eigenvalue weighted by atomic mass is 10.0. The summed E-state index contributed by atoms with van der Waals surface area (Å²) >= 11 is 0. The van der Waals surface area contributed by atoms with Crippen molar-refractivity contribution in [1.29, 1.82) is 0 Å². The van der Waals surface area contributed by atoms with Gasteiger partial charge in [-0.2, -0.15) is 0 Å². The van der Waals surface area contributed by atoms with Crippen molar-refractivity contribution in [1.82, 2.24) is 15.5 Å². The molecule has 2 heterocycles. The van der Waals surface area contributed by atoms with Gasteiger partial charge in [0.15, 0.2) is 0 Å². The average Bonchev–Trinajstić information content (AvgIpc) is 3.13. The van der Waals surface area contributed by atoms with Crippen molar-refractivity contribution in [3.05, 3.63) is 77.1 Å². The third-order valence-corrected chi connectivity index (χ3v) is 5.75. The van der Waals surface area contributed by atoms with E-state index in [9.17, 15) is 14.4 Å². The van der Waals surface area contributed by atoms with Gasteiger partial charge in [0, 0.05) is 29.8 Å². The molecule has 1 unspecified atom stereocenters. The number of benzene rings is 2. The summed E-state index contributed by atoms with van der Waals surface area (Å²) in [4.78, 5) is 38.1. The number of imide groups is 1. The second kappa shape index (κ2) is 9.13. The van der Waals surface area contributed by atoms with Gasteiger partial charge < -0.3 is 20.7 Å². The number of nitrogens with zero attached hydrogens (tertiary/aromatic N) is 1. The van der Waals surface area contributed by atoms with Crippen LogP contribution in [0.1, 0.15) is 47.3 Å². The molecular weight excluding hydrogens is 408 g/mol. The highest BCUT2D eigenvalue weighted by Crippen LogP contribution is 2.33. The molecule has 4 N–H and O–H groups in total. The summed E-state index contributed by atoms with van der Waals surface area (Å²) in [6.07, 6.45) is 2.26. The van der Waals surface area contributed by atoms with Crippen LogP contribution >= 0.6 is 0 Å². The van der Waals surface area contributed by atoms with Crippen molar-refractivity contribution in [2.24, 2.45) is 5.73 Å². The fourth-order valence-electron chi connectivity index (χ4n) is 3.97. The Balaban J connectivity index is 1.40. The van der Waals surface area contributed by atoms with Crippen molar-refractivity contribution in [2.45, 2.75) is 38.4 Å². The maximum atomic E-state index is 12.9. The molecule has 8 nitrogen and oxygen atoms in total. The first-order chi connectivity index (χ1) is 15.4. The van der Waals surface area contributed by atoms with Crippen LogP contribution in [0.4, 0.5) is 0 Å². The molecule has 166 valence electrons. The molecule has 0 aromatic heterocycles. The molecule has 0 aliphatic carbocycles. The topological polar surface area (TPSA) is 114 Å². The van der Waals surface area contributed by atoms with Gasteiger partial charge in [-0.3, -0.25) is 19.7 Å². The third kappa shape index (κ3) is 4.44. The predicted molar refractivity (Wildman–Crippen MR) is 118 cm³/mol. The number of amides is 3. The summed E-state index contributed by atoms with van der Waals surface area (Å²) in [6.45, 7) is 2.44. The van der Waals surface area contributed by atoms with Crippen LogP contribution in [0.2, 0.25) is 0 Å². The van der Waals surface area contributed by atoms with Gasteiger partial charge in [-0.1, -0.05) is 36.4 Å². The summed E-state index contributed by atoms with van der Waals surface area (Å²) in [7, 11) is 0. The van der Waals surface area contributed by atoms with E-state index in [1.54, 1.807) is 24.4 Å². The minimum absolute atomic E-state index is 0.0930. The molecule has 4 rings (SSSR count). The number of hydrogen-bond acceptors (Lipinski definition) is 6. The normalized spacial score (nSPS) is 19.4. The first-order valence-electron chi connectivity index (χ1n) is 10.6. The molecule has 8 heteroatoms. The number of carbonyl (C=O) groups is 3. The van der Waals surface area contributed by atoms with Crippen molar-refractivity contribution in [3.63, 3.8) is 0 Å². The lowest BCUT2D eigenvalue weighted by molar-refractivity contribution is -0.136. The second-order valence-electron chi connectivity index (χ2n) is 7.99. The molecule has 0 bridgehead atoms. The van der Waals surface area contributed by atoms with Crippen LogP contribution in [-0.2, 0) is 16.1 Å². The van der Waals surface area contributed by atoms with Gasteiger partial charge in [0.2, 0.25) is 11.8 Å². The highest BCUT2D eigenvalue weighted by atomic mass is 16.5. The van der Waals surface area contributed by atoms with Crippen LogP contribution in [-0.4, -0.2) is 35.3 Å². The maximum Gasteiger partial charge on any atom is 0.255 e. The van der Waals surface area contributed by atoms with E-state index in [4.69, 9.17) is 10.5 Å². The van der Waals surface area contributed by atoms with Gasteiger partial charge in [0.05, 0.1) is 12.2 Å². The van der Waals surface area contributed by atoms with Gasteiger partial charge in [0.1, 0.15) is 18.4 Å². The molecule has 0 spiro atoms. The summed E-state index contributed by atoms with van der Waals surface area (Å²) in [5.74, 6) is -0.424. The molecular formula is C24H26N4O4. The Hall–Kier alpha value is -3.81. The lowest BCUT2D eigenvalue weighted by Gasteiger charge is -2.29. The number of hydrogen-bond donors (Lipinski definition) is 3. The molecule has 1 fully saturated rings. The van der Waals surface area contributed by atoms with E-state index in [1.807, 2.05) is 37.3 Å². The highest BCUT2D eigenvalue weighted by Gasteiger charge is 2.40. The second-order valence-corrected chi connectivity index (χ2v) is 7.99. The van der Waals surface area contributed by atoms with E-state index >= 15 is 0 Å².